The molecule has 0 aliphatic rings. The summed E-state index contributed by atoms with van der Waals surface area (Å²) < 4.78 is 53.8. The Kier molecular flexibility index (Phi) is 6.58. The molecule has 0 aliphatic heterocycles. The van der Waals surface area contributed by atoms with E-state index in [9.17, 15) is 17.6 Å². The maximum atomic E-state index is 12.5. The van der Waals surface area contributed by atoms with Crippen LogP contribution in [0.15, 0.2) is 37.4 Å². The number of imidazole rings is 2. The SMILES string of the molecule is CCCCn1cc[n+](C)c1.C[n+]1ccn(C(F)C(F)(F)F)c1. The van der Waals surface area contributed by atoms with E-state index in [0.717, 1.165) is 19.1 Å². The third-order valence-electron chi connectivity index (χ3n) is 2.91. The zero-order valence-electron chi connectivity index (χ0n) is 13.0. The van der Waals surface area contributed by atoms with Gasteiger partial charge in [0, 0.05) is 0 Å². The molecule has 0 saturated heterocycles. The van der Waals surface area contributed by atoms with E-state index < -0.39 is 12.5 Å². The van der Waals surface area contributed by atoms with E-state index in [1.165, 1.54) is 30.7 Å². The fraction of sp³-hybridized carbons (Fsp3) is 0.571. The molecule has 2 rings (SSSR count). The first-order valence-electron chi connectivity index (χ1n) is 6.98. The maximum Gasteiger partial charge on any atom is 0.461 e. The number of aromatic nitrogens is 4. The van der Waals surface area contributed by atoms with Crippen molar-refractivity contribution >= 4 is 0 Å². The smallest absolute Gasteiger partial charge is 0.240 e. The average Bonchev–Trinajstić information content (AvgIpc) is 3.04. The summed E-state index contributed by atoms with van der Waals surface area (Å²) in [6, 6.07) is 0. The third-order valence-corrected chi connectivity index (χ3v) is 2.91. The van der Waals surface area contributed by atoms with Crippen molar-refractivity contribution in [1.29, 1.82) is 0 Å². The summed E-state index contributed by atoms with van der Waals surface area (Å²) in [4.78, 5) is 0. The van der Waals surface area contributed by atoms with Crippen LogP contribution >= 0.6 is 0 Å². The highest BCUT2D eigenvalue weighted by atomic mass is 19.4. The van der Waals surface area contributed by atoms with E-state index in [0.29, 0.717) is 4.57 Å². The van der Waals surface area contributed by atoms with E-state index in [2.05, 4.69) is 34.8 Å². The molecular weight excluding hydrogens is 300 g/mol. The quantitative estimate of drug-likeness (QED) is 0.608. The number of unbranched alkanes of at least 4 members (excludes halogenated alkanes) is 1. The van der Waals surface area contributed by atoms with Gasteiger partial charge in [-0.15, -0.1) is 0 Å². The second kappa shape index (κ2) is 7.95. The number of aryl methyl sites for hydroxylation is 3. The van der Waals surface area contributed by atoms with E-state index in [1.54, 1.807) is 0 Å². The predicted octanol–water partition coefficient (Wildman–Crippen LogP) is 2.46. The summed E-state index contributed by atoms with van der Waals surface area (Å²) in [5.41, 5.74) is 0. The molecule has 124 valence electrons. The van der Waals surface area contributed by atoms with Crippen LogP contribution in [0.25, 0.3) is 0 Å². The first-order valence-corrected chi connectivity index (χ1v) is 6.98. The number of halogens is 4. The number of hydrogen-bond acceptors (Lipinski definition) is 0. The second-order valence-electron chi connectivity index (χ2n) is 5.07. The zero-order chi connectivity index (χ0) is 16.8. The van der Waals surface area contributed by atoms with E-state index in [-0.39, 0.29) is 0 Å². The second-order valence-corrected chi connectivity index (χ2v) is 5.07. The number of nitrogens with zero attached hydrogens (tertiary/aromatic N) is 4. The molecule has 0 saturated carbocycles. The van der Waals surface area contributed by atoms with Crippen molar-refractivity contribution in [1.82, 2.24) is 9.13 Å². The Hall–Kier alpha value is -1.86. The average molecular weight is 322 g/mol. The molecule has 2 heterocycles. The Bertz CT molecular complexity index is 559. The van der Waals surface area contributed by atoms with Crippen LogP contribution in [0.5, 0.6) is 0 Å². The number of alkyl halides is 4. The van der Waals surface area contributed by atoms with Crippen LogP contribution in [-0.2, 0) is 20.6 Å². The summed E-state index contributed by atoms with van der Waals surface area (Å²) in [7, 11) is 3.56. The van der Waals surface area contributed by atoms with Gasteiger partial charge in [0.05, 0.1) is 20.6 Å². The molecule has 1 atom stereocenters. The monoisotopic (exact) mass is 322 g/mol. The molecule has 0 spiro atoms. The minimum atomic E-state index is -4.84. The molecule has 8 heteroatoms. The van der Waals surface area contributed by atoms with Gasteiger partial charge in [-0.25, -0.2) is 13.7 Å². The molecular formula is C14H22F4N4+2. The Morgan fingerprint density at radius 1 is 1.05 bits per heavy atom. The van der Waals surface area contributed by atoms with Gasteiger partial charge in [0.2, 0.25) is 12.7 Å². The van der Waals surface area contributed by atoms with Gasteiger partial charge in [0.1, 0.15) is 24.8 Å². The van der Waals surface area contributed by atoms with Crippen molar-refractivity contribution in [2.75, 3.05) is 0 Å². The maximum absolute atomic E-state index is 12.5. The first kappa shape index (κ1) is 18.2. The van der Waals surface area contributed by atoms with Crippen molar-refractivity contribution in [2.24, 2.45) is 14.1 Å². The minimum absolute atomic E-state index is 0.458. The number of hydrogen-bond donors (Lipinski definition) is 0. The van der Waals surface area contributed by atoms with Crippen molar-refractivity contribution < 1.29 is 26.7 Å². The topological polar surface area (TPSA) is 17.6 Å². The third kappa shape index (κ3) is 5.87. The van der Waals surface area contributed by atoms with Gasteiger partial charge in [0.15, 0.2) is 0 Å². The van der Waals surface area contributed by atoms with Crippen molar-refractivity contribution in [3.8, 4) is 0 Å². The van der Waals surface area contributed by atoms with Gasteiger partial charge in [-0.3, -0.25) is 0 Å². The van der Waals surface area contributed by atoms with Crippen LogP contribution in [0.2, 0.25) is 0 Å². The van der Waals surface area contributed by atoms with Crippen molar-refractivity contribution in [3.63, 3.8) is 0 Å². The standard InChI is InChI=1S/C8H15N2.C6H7F4N2/c1-3-4-5-10-7-6-9(2)8-10;1-11-2-3-12(4-11)5(7)6(8,9)10/h6-8H,3-5H2,1-2H3;2-5H,1H3/q2*+1. The highest BCUT2D eigenvalue weighted by Gasteiger charge is 2.45. The fourth-order valence-electron chi connectivity index (χ4n) is 1.75. The molecule has 0 radical (unpaired) electrons. The zero-order valence-corrected chi connectivity index (χ0v) is 13.0. The molecule has 2 aromatic heterocycles. The fourth-order valence-corrected chi connectivity index (χ4v) is 1.75. The lowest BCUT2D eigenvalue weighted by Gasteiger charge is -2.07. The van der Waals surface area contributed by atoms with Gasteiger partial charge in [-0.2, -0.15) is 22.1 Å². The molecule has 0 N–H and O–H groups in total. The van der Waals surface area contributed by atoms with Crippen molar-refractivity contribution in [3.05, 3.63) is 37.4 Å². The summed E-state index contributed by atoms with van der Waals surface area (Å²) >= 11 is 0. The highest BCUT2D eigenvalue weighted by Crippen LogP contribution is 2.30. The van der Waals surface area contributed by atoms with Crippen LogP contribution in [0.1, 0.15) is 26.1 Å². The lowest BCUT2D eigenvalue weighted by atomic mass is 10.3. The van der Waals surface area contributed by atoms with Gasteiger partial charge >= 0.3 is 12.5 Å². The highest BCUT2D eigenvalue weighted by molar-refractivity contribution is 4.73. The Balaban J connectivity index is 0.000000224. The Morgan fingerprint density at radius 3 is 2.05 bits per heavy atom. The molecule has 1 unspecified atom stereocenters. The molecule has 0 aromatic carbocycles. The molecule has 0 bridgehead atoms. The molecule has 0 amide bonds. The summed E-state index contributed by atoms with van der Waals surface area (Å²) in [5, 5.41) is 0. The van der Waals surface area contributed by atoms with E-state index in [1.807, 2.05) is 7.05 Å². The molecule has 22 heavy (non-hydrogen) atoms. The first-order chi connectivity index (χ1) is 10.2. The van der Waals surface area contributed by atoms with Gasteiger partial charge in [-0.1, -0.05) is 13.3 Å². The van der Waals surface area contributed by atoms with Crippen LogP contribution in [0.4, 0.5) is 17.6 Å². The summed E-state index contributed by atoms with van der Waals surface area (Å²) in [6.07, 6.45) is 4.40. The lowest BCUT2D eigenvalue weighted by molar-refractivity contribution is -0.671. The van der Waals surface area contributed by atoms with E-state index >= 15 is 0 Å². The molecule has 4 nitrogen and oxygen atoms in total. The van der Waals surface area contributed by atoms with Crippen LogP contribution in [0, 0.1) is 0 Å². The van der Waals surface area contributed by atoms with Crippen molar-refractivity contribution in [2.45, 2.75) is 38.8 Å². The Labute approximate surface area is 127 Å². The molecule has 2 aromatic rings. The minimum Gasteiger partial charge on any atom is -0.240 e. The van der Waals surface area contributed by atoms with E-state index in [4.69, 9.17) is 0 Å². The largest absolute Gasteiger partial charge is 0.461 e. The van der Waals surface area contributed by atoms with Gasteiger partial charge < -0.3 is 0 Å². The summed E-state index contributed by atoms with van der Waals surface area (Å²) in [6.45, 7) is 3.36. The Morgan fingerprint density at radius 2 is 1.64 bits per heavy atom. The van der Waals surface area contributed by atoms with Crippen LogP contribution in [-0.4, -0.2) is 15.3 Å². The molecule has 0 aliphatic carbocycles. The summed E-state index contributed by atoms with van der Waals surface area (Å²) in [5.74, 6) is 0. The van der Waals surface area contributed by atoms with Gasteiger partial charge in [-0.05, 0) is 6.42 Å². The van der Waals surface area contributed by atoms with Crippen LogP contribution < -0.4 is 9.13 Å². The molecule has 0 fully saturated rings. The normalized spacial score (nSPS) is 12.7. The number of rotatable bonds is 4. The predicted molar refractivity (Wildman–Crippen MR) is 72.3 cm³/mol. The van der Waals surface area contributed by atoms with Crippen LogP contribution in [0.3, 0.4) is 0 Å². The lowest BCUT2D eigenvalue weighted by Crippen LogP contribution is -2.27. The van der Waals surface area contributed by atoms with Gasteiger partial charge in [0.25, 0.3) is 0 Å².